The molecule has 0 unspecified atom stereocenters. The fourth-order valence-corrected chi connectivity index (χ4v) is 2.13. The lowest BCUT2D eigenvalue weighted by Gasteiger charge is -1.98. The average Bonchev–Trinajstić information content (AvgIpc) is 2.03. The van der Waals surface area contributed by atoms with Crippen molar-refractivity contribution in [3.63, 3.8) is 0 Å². The van der Waals surface area contributed by atoms with E-state index in [0.717, 1.165) is 9.04 Å². The molecule has 0 aromatic carbocycles. The maximum Gasteiger partial charge on any atom is 0.0180 e. The number of hydrogen-bond acceptors (Lipinski definition) is 0. The molecule has 5 radical (unpaired) electrons. The molecule has 0 atom stereocenters. The summed E-state index contributed by atoms with van der Waals surface area (Å²) in [4.78, 5) is 0. The zero-order valence-corrected chi connectivity index (χ0v) is 9.66. The lowest BCUT2D eigenvalue weighted by Crippen LogP contribution is -1.87. The van der Waals surface area contributed by atoms with Crippen LogP contribution in [0.1, 0.15) is 51.9 Å². The van der Waals surface area contributed by atoms with E-state index in [1.54, 1.807) is 0 Å². The van der Waals surface area contributed by atoms with Crippen molar-refractivity contribution in [2.24, 2.45) is 0 Å². The summed E-state index contributed by atoms with van der Waals surface area (Å²) in [5.41, 5.74) is 0. The van der Waals surface area contributed by atoms with Crippen LogP contribution in [-0.2, 0) is 0 Å². The molecular weight excluding hydrogens is 164 g/mol. The Morgan fingerprint density at radius 1 is 0.909 bits per heavy atom. The molecule has 0 aliphatic carbocycles. The van der Waals surface area contributed by atoms with E-state index in [2.05, 4.69) is 16.7 Å². The zero-order chi connectivity index (χ0) is 8.36. The van der Waals surface area contributed by atoms with Crippen LogP contribution in [0.15, 0.2) is 0 Å². The molecule has 0 saturated carbocycles. The fraction of sp³-hybridized carbons (Fsp3) is 1.00. The normalized spacial score (nSPS) is 10.4. The molecule has 2 heteroatoms. The van der Waals surface area contributed by atoms with E-state index in [1.807, 2.05) is 0 Å². The second-order valence-electron chi connectivity index (χ2n) is 3.05. The van der Waals surface area contributed by atoms with Gasteiger partial charge in [0.25, 0.3) is 0 Å². The van der Waals surface area contributed by atoms with Crippen LogP contribution in [-0.4, -0.2) is 18.8 Å². The van der Waals surface area contributed by atoms with Crippen molar-refractivity contribution in [1.29, 1.82) is 0 Å². The first kappa shape index (κ1) is 11.4. The fourth-order valence-electron chi connectivity index (χ4n) is 1.17. The highest BCUT2D eigenvalue weighted by molar-refractivity contribution is 6.89. The van der Waals surface area contributed by atoms with Crippen LogP contribution >= 0.6 is 0 Å². The van der Waals surface area contributed by atoms with Crippen molar-refractivity contribution < 1.29 is 0 Å². The highest BCUT2D eigenvalue weighted by atomic mass is 29.1. The van der Waals surface area contributed by atoms with Gasteiger partial charge in [-0.15, -0.1) is 0 Å². The van der Waals surface area contributed by atoms with Gasteiger partial charge >= 0.3 is 0 Å². The summed E-state index contributed by atoms with van der Waals surface area (Å²) < 4.78 is 0. The Bertz CT molecular complexity index is 56.6. The van der Waals surface area contributed by atoms with E-state index >= 15 is 0 Å². The van der Waals surface area contributed by atoms with Gasteiger partial charge in [-0.1, -0.05) is 57.9 Å². The third kappa shape index (κ3) is 10.4. The van der Waals surface area contributed by atoms with Crippen LogP contribution in [0.3, 0.4) is 0 Å². The molecule has 0 nitrogen and oxygen atoms in total. The SMILES string of the molecule is CCCCCCCCC[Si][Si]. The maximum absolute atomic E-state index is 3.51. The molecular formula is C9H19Si2. The van der Waals surface area contributed by atoms with Crippen LogP contribution in [0.2, 0.25) is 6.04 Å². The van der Waals surface area contributed by atoms with Crippen molar-refractivity contribution in [2.45, 2.75) is 57.9 Å². The first-order chi connectivity index (χ1) is 5.41. The summed E-state index contributed by atoms with van der Waals surface area (Å²) in [6.45, 7) is 2.27. The van der Waals surface area contributed by atoms with Gasteiger partial charge in [-0.05, 0) is 0 Å². The molecule has 0 bridgehead atoms. The van der Waals surface area contributed by atoms with Gasteiger partial charge in [-0.3, -0.25) is 0 Å². The molecule has 0 spiro atoms. The smallest absolute Gasteiger partial charge is 0.0180 e. The summed E-state index contributed by atoms with van der Waals surface area (Å²) in [5.74, 6) is 0. The van der Waals surface area contributed by atoms with E-state index in [1.165, 1.54) is 51.0 Å². The predicted octanol–water partition coefficient (Wildman–Crippen LogP) is 2.94. The van der Waals surface area contributed by atoms with Gasteiger partial charge in [0.05, 0.1) is 0 Å². The monoisotopic (exact) mass is 183 g/mol. The molecule has 0 aliphatic rings. The van der Waals surface area contributed by atoms with Gasteiger partial charge in [0.1, 0.15) is 0 Å². The molecule has 0 aromatic rings. The average molecular weight is 183 g/mol. The molecule has 11 heavy (non-hydrogen) atoms. The third-order valence-corrected chi connectivity index (χ3v) is 3.26. The van der Waals surface area contributed by atoms with Crippen LogP contribution in [0.25, 0.3) is 0 Å². The quantitative estimate of drug-likeness (QED) is 0.401. The second kappa shape index (κ2) is 10.4. The minimum atomic E-state index is 0.976. The lowest BCUT2D eigenvalue weighted by molar-refractivity contribution is 0.602. The molecule has 0 N–H and O–H groups in total. The van der Waals surface area contributed by atoms with Crippen molar-refractivity contribution in [3.05, 3.63) is 0 Å². The summed E-state index contributed by atoms with van der Waals surface area (Å²) in [5, 5.41) is 0. The summed E-state index contributed by atoms with van der Waals surface area (Å²) in [6, 6.07) is 1.38. The molecule has 63 valence electrons. The Balaban J connectivity index is 2.69. The molecule has 0 saturated heterocycles. The van der Waals surface area contributed by atoms with Crippen LogP contribution in [0, 0.1) is 0 Å². The molecule has 0 heterocycles. The lowest BCUT2D eigenvalue weighted by atomic mass is 10.1. The third-order valence-electron chi connectivity index (χ3n) is 1.91. The highest BCUT2D eigenvalue weighted by Gasteiger charge is 1.89. The molecule has 0 aromatic heterocycles. The van der Waals surface area contributed by atoms with Gasteiger partial charge in [-0.25, -0.2) is 0 Å². The summed E-state index contributed by atoms with van der Waals surface area (Å²) in [6.07, 6.45) is 10.0. The summed E-state index contributed by atoms with van der Waals surface area (Å²) in [7, 11) is 4.49. The van der Waals surface area contributed by atoms with E-state index < -0.39 is 0 Å². The topological polar surface area (TPSA) is 0 Å². The first-order valence-corrected chi connectivity index (χ1v) is 7.52. The Morgan fingerprint density at radius 2 is 1.45 bits per heavy atom. The minimum absolute atomic E-state index is 0.976. The molecule has 0 amide bonds. The minimum Gasteiger partial charge on any atom is -0.0654 e. The Labute approximate surface area is 77.2 Å². The summed E-state index contributed by atoms with van der Waals surface area (Å²) >= 11 is 0. The van der Waals surface area contributed by atoms with Crippen LogP contribution < -0.4 is 0 Å². The standard InChI is InChI=1S/C9H19Si2/c1-2-3-4-5-6-7-8-9-11-10/h2-9H2,1H3. The van der Waals surface area contributed by atoms with Gasteiger partial charge in [0.15, 0.2) is 0 Å². The van der Waals surface area contributed by atoms with E-state index in [4.69, 9.17) is 0 Å². The van der Waals surface area contributed by atoms with Gasteiger partial charge in [0, 0.05) is 18.8 Å². The Kier molecular flexibility index (Phi) is 10.8. The molecule has 0 fully saturated rings. The van der Waals surface area contributed by atoms with E-state index in [-0.39, 0.29) is 0 Å². The maximum atomic E-state index is 3.51. The van der Waals surface area contributed by atoms with Crippen LogP contribution in [0.4, 0.5) is 0 Å². The Morgan fingerprint density at radius 3 is 2.00 bits per heavy atom. The van der Waals surface area contributed by atoms with Crippen molar-refractivity contribution in [1.82, 2.24) is 0 Å². The van der Waals surface area contributed by atoms with Crippen molar-refractivity contribution in [2.75, 3.05) is 0 Å². The number of unbranched alkanes of at least 4 members (excludes halogenated alkanes) is 6. The Hall–Kier alpha value is 0.434. The van der Waals surface area contributed by atoms with Crippen molar-refractivity contribution >= 4 is 18.8 Å². The van der Waals surface area contributed by atoms with E-state index in [9.17, 15) is 0 Å². The zero-order valence-electron chi connectivity index (χ0n) is 7.66. The van der Waals surface area contributed by atoms with Crippen molar-refractivity contribution in [3.8, 4) is 0 Å². The number of rotatable bonds is 8. The van der Waals surface area contributed by atoms with E-state index in [0.29, 0.717) is 0 Å². The first-order valence-electron chi connectivity index (χ1n) is 4.81. The molecule has 0 rings (SSSR count). The van der Waals surface area contributed by atoms with Gasteiger partial charge in [-0.2, -0.15) is 0 Å². The largest absolute Gasteiger partial charge is 0.0654 e. The predicted molar refractivity (Wildman–Crippen MR) is 54.3 cm³/mol. The van der Waals surface area contributed by atoms with Crippen LogP contribution in [0.5, 0.6) is 0 Å². The van der Waals surface area contributed by atoms with Gasteiger partial charge < -0.3 is 0 Å². The second-order valence-corrected chi connectivity index (χ2v) is 4.96. The van der Waals surface area contributed by atoms with Gasteiger partial charge in [0.2, 0.25) is 0 Å². The molecule has 0 aliphatic heterocycles. The highest BCUT2D eigenvalue weighted by Crippen LogP contribution is 2.07. The number of hydrogen-bond donors (Lipinski definition) is 0.